The van der Waals surface area contributed by atoms with Crippen molar-refractivity contribution >= 4 is 11.6 Å². The average Bonchev–Trinajstić information content (AvgIpc) is 2.67. The van der Waals surface area contributed by atoms with E-state index in [1.54, 1.807) is 19.2 Å². The first kappa shape index (κ1) is 21.1. The number of hydrogen-bond acceptors (Lipinski definition) is 5. The summed E-state index contributed by atoms with van der Waals surface area (Å²) in [4.78, 5) is 17.1. The maximum Gasteiger partial charge on any atom is 0.269 e. The Kier molecular flexibility index (Phi) is 8.47. The number of guanidine groups is 1. The van der Waals surface area contributed by atoms with Crippen LogP contribution >= 0.6 is 0 Å². The zero-order valence-corrected chi connectivity index (χ0v) is 16.5. The Bertz CT molecular complexity index is 612. The number of non-ortho nitro benzene ring substituents is 1. The van der Waals surface area contributed by atoms with E-state index in [2.05, 4.69) is 34.4 Å². The smallest absolute Gasteiger partial charge is 0.269 e. The van der Waals surface area contributed by atoms with Crippen molar-refractivity contribution in [3.63, 3.8) is 0 Å². The second-order valence-electron chi connectivity index (χ2n) is 7.16. The molecule has 8 heteroatoms. The summed E-state index contributed by atoms with van der Waals surface area (Å²) in [6, 6.07) is 6.99. The van der Waals surface area contributed by atoms with Crippen molar-refractivity contribution in [3.8, 4) is 0 Å². The van der Waals surface area contributed by atoms with Gasteiger partial charge in [-0.3, -0.25) is 20.0 Å². The lowest BCUT2D eigenvalue weighted by molar-refractivity contribution is -0.384. The quantitative estimate of drug-likeness (QED) is 0.312. The van der Waals surface area contributed by atoms with Crippen LogP contribution in [0.25, 0.3) is 0 Å². The molecule has 0 amide bonds. The van der Waals surface area contributed by atoms with E-state index in [1.165, 1.54) is 12.1 Å². The van der Waals surface area contributed by atoms with Gasteiger partial charge in [-0.25, -0.2) is 0 Å². The van der Waals surface area contributed by atoms with Gasteiger partial charge in [0, 0.05) is 51.4 Å². The molecule has 1 aliphatic heterocycles. The molecule has 8 nitrogen and oxygen atoms in total. The molecular weight excluding hydrogens is 346 g/mol. The van der Waals surface area contributed by atoms with Gasteiger partial charge < -0.3 is 15.4 Å². The van der Waals surface area contributed by atoms with Gasteiger partial charge in [0.05, 0.1) is 18.1 Å². The molecule has 0 saturated carbocycles. The fraction of sp³-hybridized carbons (Fsp3) is 0.632. The summed E-state index contributed by atoms with van der Waals surface area (Å²) in [5.41, 5.74) is 1.07. The standard InChI is InChI=1S/C19H31N5O3/c1-15(2)12-18(23-8-10-27-11-9-23)14-22-19(20-3)21-13-16-4-6-17(7-5-16)24(25)26/h4-7,15,18H,8-14H2,1-3H3,(H2,20,21,22). The van der Waals surface area contributed by atoms with Gasteiger partial charge in [-0.15, -0.1) is 0 Å². The van der Waals surface area contributed by atoms with Crippen LogP contribution in [-0.2, 0) is 11.3 Å². The molecule has 1 fully saturated rings. The van der Waals surface area contributed by atoms with E-state index in [0.29, 0.717) is 18.5 Å². The third-order valence-corrected chi connectivity index (χ3v) is 4.64. The zero-order valence-electron chi connectivity index (χ0n) is 16.5. The minimum Gasteiger partial charge on any atom is -0.379 e. The second kappa shape index (κ2) is 10.8. The molecule has 1 aromatic rings. The summed E-state index contributed by atoms with van der Waals surface area (Å²) in [7, 11) is 1.75. The van der Waals surface area contributed by atoms with Gasteiger partial charge in [0.15, 0.2) is 5.96 Å². The Morgan fingerprint density at radius 3 is 2.48 bits per heavy atom. The Balaban J connectivity index is 1.85. The molecule has 150 valence electrons. The van der Waals surface area contributed by atoms with E-state index in [9.17, 15) is 10.1 Å². The lowest BCUT2D eigenvalue weighted by atomic mass is 10.0. The van der Waals surface area contributed by atoms with Crippen LogP contribution < -0.4 is 10.6 Å². The first-order chi connectivity index (χ1) is 13.0. The molecule has 1 aromatic carbocycles. The lowest BCUT2D eigenvalue weighted by Crippen LogP contribution is -2.50. The highest BCUT2D eigenvalue weighted by Crippen LogP contribution is 2.13. The number of rotatable bonds is 8. The molecule has 0 aromatic heterocycles. The van der Waals surface area contributed by atoms with E-state index in [1.807, 2.05) is 0 Å². The molecule has 1 atom stereocenters. The van der Waals surface area contributed by atoms with E-state index < -0.39 is 4.92 Å². The van der Waals surface area contributed by atoms with Crippen LogP contribution in [0.15, 0.2) is 29.3 Å². The highest BCUT2D eigenvalue weighted by molar-refractivity contribution is 5.79. The van der Waals surface area contributed by atoms with Gasteiger partial charge in [-0.1, -0.05) is 26.0 Å². The average molecular weight is 377 g/mol. The topological polar surface area (TPSA) is 92.0 Å². The monoisotopic (exact) mass is 377 g/mol. The summed E-state index contributed by atoms with van der Waals surface area (Å²) < 4.78 is 5.47. The fourth-order valence-electron chi connectivity index (χ4n) is 3.20. The highest BCUT2D eigenvalue weighted by atomic mass is 16.6. The van der Waals surface area contributed by atoms with Crippen LogP contribution in [0.1, 0.15) is 25.8 Å². The lowest BCUT2D eigenvalue weighted by Gasteiger charge is -2.35. The molecule has 0 bridgehead atoms. The summed E-state index contributed by atoms with van der Waals surface area (Å²) in [5, 5.41) is 17.4. The number of benzene rings is 1. The summed E-state index contributed by atoms with van der Waals surface area (Å²) in [5.74, 6) is 1.35. The molecule has 1 heterocycles. The van der Waals surface area contributed by atoms with Crippen molar-refractivity contribution in [2.75, 3.05) is 39.9 Å². The predicted molar refractivity (Wildman–Crippen MR) is 107 cm³/mol. The number of morpholine rings is 1. The molecular formula is C19H31N5O3. The largest absolute Gasteiger partial charge is 0.379 e. The summed E-state index contributed by atoms with van der Waals surface area (Å²) >= 11 is 0. The number of nitrogens with one attached hydrogen (secondary N) is 2. The Morgan fingerprint density at radius 2 is 1.93 bits per heavy atom. The van der Waals surface area contributed by atoms with Gasteiger partial charge in [-0.05, 0) is 17.9 Å². The molecule has 2 rings (SSSR count). The second-order valence-corrected chi connectivity index (χ2v) is 7.16. The predicted octanol–water partition coefficient (Wildman–Crippen LogP) is 2.01. The van der Waals surface area contributed by atoms with Gasteiger partial charge in [0.2, 0.25) is 0 Å². The van der Waals surface area contributed by atoms with Crippen LogP contribution in [-0.4, -0.2) is 61.7 Å². The van der Waals surface area contributed by atoms with Crippen LogP contribution in [0.2, 0.25) is 0 Å². The van der Waals surface area contributed by atoms with Crippen molar-refractivity contribution in [3.05, 3.63) is 39.9 Å². The molecule has 2 N–H and O–H groups in total. The van der Waals surface area contributed by atoms with E-state index in [0.717, 1.165) is 50.8 Å². The first-order valence-electron chi connectivity index (χ1n) is 9.49. The van der Waals surface area contributed by atoms with Crippen molar-refractivity contribution in [1.29, 1.82) is 0 Å². The van der Waals surface area contributed by atoms with Crippen LogP contribution in [0.4, 0.5) is 5.69 Å². The first-order valence-corrected chi connectivity index (χ1v) is 9.49. The van der Waals surface area contributed by atoms with Gasteiger partial charge in [0.25, 0.3) is 5.69 Å². The Labute approximate surface area is 161 Å². The zero-order chi connectivity index (χ0) is 19.6. The molecule has 1 saturated heterocycles. The van der Waals surface area contributed by atoms with Gasteiger partial charge in [-0.2, -0.15) is 0 Å². The Morgan fingerprint density at radius 1 is 1.26 bits per heavy atom. The maximum absolute atomic E-state index is 10.7. The summed E-state index contributed by atoms with van der Waals surface area (Å²) in [6.07, 6.45) is 1.12. The number of hydrogen-bond donors (Lipinski definition) is 2. The number of aliphatic imine (C=N–C) groups is 1. The highest BCUT2D eigenvalue weighted by Gasteiger charge is 2.22. The number of nitro groups is 1. The minimum atomic E-state index is -0.391. The Hall–Kier alpha value is -2.19. The van der Waals surface area contributed by atoms with Crippen molar-refractivity contribution < 1.29 is 9.66 Å². The van der Waals surface area contributed by atoms with Crippen molar-refractivity contribution in [2.24, 2.45) is 10.9 Å². The molecule has 0 aliphatic carbocycles. The molecule has 0 radical (unpaired) electrons. The third-order valence-electron chi connectivity index (χ3n) is 4.64. The van der Waals surface area contributed by atoms with Crippen molar-refractivity contribution in [2.45, 2.75) is 32.9 Å². The number of nitrogens with zero attached hydrogens (tertiary/aromatic N) is 3. The molecule has 27 heavy (non-hydrogen) atoms. The van der Waals surface area contributed by atoms with Gasteiger partial charge in [0.1, 0.15) is 0 Å². The molecule has 0 spiro atoms. The summed E-state index contributed by atoms with van der Waals surface area (Å²) in [6.45, 7) is 9.39. The minimum absolute atomic E-state index is 0.100. The van der Waals surface area contributed by atoms with Crippen molar-refractivity contribution in [1.82, 2.24) is 15.5 Å². The molecule has 1 aliphatic rings. The number of nitro benzene ring substituents is 1. The van der Waals surface area contributed by atoms with Gasteiger partial charge >= 0.3 is 0 Å². The van der Waals surface area contributed by atoms with Crippen LogP contribution in [0.5, 0.6) is 0 Å². The van der Waals surface area contributed by atoms with E-state index in [-0.39, 0.29) is 5.69 Å². The van der Waals surface area contributed by atoms with Crippen LogP contribution in [0.3, 0.4) is 0 Å². The fourth-order valence-corrected chi connectivity index (χ4v) is 3.20. The van der Waals surface area contributed by atoms with Crippen LogP contribution in [0, 0.1) is 16.0 Å². The SMILES string of the molecule is CN=C(NCc1ccc([N+](=O)[O-])cc1)NCC(CC(C)C)N1CCOCC1. The molecule has 1 unspecified atom stereocenters. The van der Waals surface area contributed by atoms with E-state index in [4.69, 9.17) is 4.74 Å². The van der Waals surface area contributed by atoms with E-state index >= 15 is 0 Å². The third kappa shape index (κ3) is 7.15. The number of ether oxygens (including phenoxy) is 1. The normalized spacial score (nSPS) is 17.0. The maximum atomic E-state index is 10.7.